The lowest BCUT2D eigenvalue weighted by Gasteiger charge is -2.27. The van der Waals surface area contributed by atoms with Gasteiger partial charge in [-0.1, -0.05) is 26.0 Å². The second-order valence-electron chi connectivity index (χ2n) is 5.06. The summed E-state index contributed by atoms with van der Waals surface area (Å²) in [4.78, 5) is 28.6. The number of rotatable bonds is 8. The van der Waals surface area contributed by atoms with E-state index in [9.17, 15) is 9.59 Å². The van der Waals surface area contributed by atoms with Crippen molar-refractivity contribution < 1.29 is 14.3 Å². The largest absolute Gasteiger partial charge is 0.469 e. The van der Waals surface area contributed by atoms with E-state index in [1.54, 1.807) is 6.92 Å². The van der Waals surface area contributed by atoms with Crippen LogP contribution in [0.1, 0.15) is 53.9 Å². The molecule has 0 bridgehead atoms. The molecule has 1 unspecified atom stereocenters. The fourth-order valence-corrected chi connectivity index (χ4v) is 2.21. The average molecular weight is 281 g/mol. The van der Waals surface area contributed by atoms with E-state index >= 15 is 0 Å². The van der Waals surface area contributed by atoms with Crippen LogP contribution in [0.4, 0.5) is 0 Å². The average Bonchev–Trinajstić information content (AvgIpc) is 2.43. The number of allylic oxidation sites excluding steroid dienone is 1. The zero-order valence-corrected chi connectivity index (χ0v) is 13.5. The fraction of sp³-hybridized carbons (Fsp3) is 0.688. The summed E-state index contributed by atoms with van der Waals surface area (Å²) in [7, 11) is 1.36. The van der Waals surface area contributed by atoms with E-state index in [4.69, 9.17) is 4.74 Å². The van der Waals surface area contributed by atoms with Crippen molar-refractivity contribution in [2.24, 2.45) is 10.4 Å². The van der Waals surface area contributed by atoms with Gasteiger partial charge >= 0.3 is 5.97 Å². The molecule has 20 heavy (non-hydrogen) atoms. The predicted octanol–water partition coefficient (Wildman–Crippen LogP) is 3.35. The molecule has 0 N–H and O–H groups in total. The summed E-state index contributed by atoms with van der Waals surface area (Å²) in [6, 6.07) is -0.0280. The highest BCUT2D eigenvalue weighted by Gasteiger charge is 2.38. The highest BCUT2D eigenvalue weighted by molar-refractivity contribution is 6.39. The van der Waals surface area contributed by atoms with Crippen LogP contribution in [0.15, 0.2) is 17.1 Å². The molecule has 1 atom stereocenters. The standard InChI is InChI=1S/C16H27NO3/c1-7-10-12(4)17-13(5)14(18)11-16(8-2,9-3)15(19)20-6/h7,10,12H,8-9,11H2,1-6H3/b10-7+,17-13?. The van der Waals surface area contributed by atoms with Gasteiger partial charge < -0.3 is 4.74 Å². The molecule has 0 fully saturated rings. The first-order valence-electron chi connectivity index (χ1n) is 7.15. The van der Waals surface area contributed by atoms with Gasteiger partial charge in [0.05, 0.1) is 24.3 Å². The third kappa shape index (κ3) is 4.91. The molecule has 0 aliphatic heterocycles. The number of ether oxygens (including phenoxy) is 1. The van der Waals surface area contributed by atoms with Crippen LogP contribution in [0.2, 0.25) is 0 Å². The zero-order valence-electron chi connectivity index (χ0n) is 13.5. The first kappa shape index (κ1) is 18.6. The molecule has 0 aromatic rings. The molecule has 0 aromatic heterocycles. The molecule has 0 heterocycles. The van der Waals surface area contributed by atoms with Gasteiger partial charge in [-0.25, -0.2) is 0 Å². The number of carbonyl (C=O) groups excluding carboxylic acids is 2. The summed E-state index contributed by atoms with van der Waals surface area (Å²) in [6.07, 6.45) is 5.15. The molecule has 0 saturated carbocycles. The Hall–Kier alpha value is -1.45. The number of esters is 1. The number of aliphatic imine (C=N–C) groups is 1. The fourth-order valence-electron chi connectivity index (χ4n) is 2.21. The van der Waals surface area contributed by atoms with Crippen molar-refractivity contribution in [1.82, 2.24) is 0 Å². The van der Waals surface area contributed by atoms with Gasteiger partial charge in [0.1, 0.15) is 0 Å². The summed E-state index contributed by atoms with van der Waals surface area (Å²) in [5, 5.41) is 0. The molecule has 0 spiro atoms. The summed E-state index contributed by atoms with van der Waals surface area (Å²) in [5.74, 6) is -0.402. The van der Waals surface area contributed by atoms with Crippen LogP contribution in [-0.2, 0) is 14.3 Å². The number of ketones is 1. The minimum atomic E-state index is -0.730. The molecule has 4 nitrogen and oxygen atoms in total. The summed E-state index contributed by atoms with van der Waals surface area (Å²) < 4.78 is 4.86. The van der Waals surface area contributed by atoms with Crippen LogP contribution in [-0.4, -0.2) is 30.6 Å². The third-order valence-corrected chi connectivity index (χ3v) is 3.74. The maximum Gasteiger partial charge on any atom is 0.312 e. The molecule has 0 rings (SSSR count). The second-order valence-corrected chi connectivity index (χ2v) is 5.06. The lowest BCUT2D eigenvalue weighted by atomic mass is 9.77. The van der Waals surface area contributed by atoms with Crippen LogP contribution in [0.25, 0.3) is 0 Å². The Bertz CT molecular complexity index is 393. The van der Waals surface area contributed by atoms with Crippen LogP contribution in [0, 0.1) is 5.41 Å². The van der Waals surface area contributed by atoms with Crippen LogP contribution in [0.5, 0.6) is 0 Å². The SMILES string of the molecule is C/C=C/C(C)N=C(C)C(=O)CC(CC)(CC)C(=O)OC. The lowest BCUT2D eigenvalue weighted by molar-refractivity contribution is -0.155. The Morgan fingerprint density at radius 1 is 1.30 bits per heavy atom. The van der Waals surface area contributed by atoms with Gasteiger partial charge in [-0.2, -0.15) is 0 Å². The number of Topliss-reactive ketones (excluding diaryl/α,β-unsaturated/α-hetero) is 1. The minimum Gasteiger partial charge on any atom is -0.469 e. The molecule has 0 amide bonds. The normalized spacial score (nSPS) is 14.4. The quantitative estimate of drug-likeness (QED) is 0.389. The highest BCUT2D eigenvalue weighted by atomic mass is 16.5. The summed E-state index contributed by atoms with van der Waals surface area (Å²) in [5.41, 5.74) is -0.266. The first-order valence-corrected chi connectivity index (χ1v) is 7.15. The van der Waals surface area contributed by atoms with Gasteiger partial charge in [-0.05, 0) is 33.6 Å². The smallest absolute Gasteiger partial charge is 0.312 e. The summed E-state index contributed by atoms with van der Waals surface area (Å²) >= 11 is 0. The number of methoxy groups -OCH3 is 1. The predicted molar refractivity (Wildman–Crippen MR) is 82.0 cm³/mol. The Morgan fingerprint density at radius 2 is 1.85 bits per heavy atom. The minimum absolute atomic E-state index is 0.0280. The Morgan fingerprint density at radius 3 is 2.25 bits per heavy atom. The molecule has 0 radical (unpaired) electrons. The Labute approximate surface area is 122 Å². The molecule has 0 aliphatic carbocycles. The highest BCUT2D eigenvalue weighted by Crippen LogP contribution is 2.32. The number of carbonyl (C=O) groups is 2. The van der Waals surface area contributed by atoms with Gasteiger partial charge in [0.15, 0.2) is 5.78 Å². The van der Waals surface area contributed by atoms with E-state index < -0.39 is 5.41 Å². The third-order valence-electron chi connectivity index (χ3n) is 3.74. The number of hydrogen-bond acceptors (Lipinski definition) is 4. The Kier molecular flexibility index (Phi) is 8.04. The van der Waals surface area contributed by atoms with Crippen molar-refractivity contribution in [1.29, 1.82) is 0 Å². The van der Waals surface area contributed by atoms with Crippen molar-refractivity contribution in [3.05, 3.63) is 12.2 Å². The van der Waals surface area contributed by atoms with Crippen LogP contribution < -0.4 is 0 Å². The first-order chi connectivity index (χ1) is 9.36. The van der Waals surface area contributed by atoms with E-state index in [1.807, 2.05) is 39.8 Å². The van der Waals surface area contributed by atoms with Gasteiger partial charge in [-0.3, -0.25) is 14.6 Å². The molecule has 0 aromatic carbocycles. The van der Waals surface area contributed by atoms with E-state index in [0.717, 1.165) is 0 Å². The van der Waals surface area contributed by atoms with Gasteiger partial charge in [0, 0.05) is 6.42 Å². The van der Waals surface area contributed by atoms with Crippen LogP contribution >= 0.6 is 0 Å². The molecule has 114 valence electrons. The van der Waals surface area contributed by atoms with Crippen molar-refractivity contribution in [2.45, 2.75) is 59.9 Å². The summed E-state index contributed by atoms with van der Waals surface area (Å²) in [6.45, 7) is 9.35. The molecule has 0 aliphatic rings. The van der Waals surface area contributed by atoms with Crippen molar-refractivity contribution in [3.8, 4) is 0 Å². The van der Waals surface area contributed by atoms with Gasteiger partial charge in [0.25, 0.3) is 0 Å². The maximum atomic E-state index is 12.3. The second kappa shape index (κ2) is 8.67. The number of nitrogens with zero attached hydrogens (tertiary/aromatic N) is 1. The number of hydrogen-bond donors (Lipinski definition) is 0. The molecule has 4 heteroatoms. The van der Waals surface area contributed by atoms with Crippen molar-refractivity contribution in [3.63, 3.8) is 0 Å². The van der Waals surface area contributed by atoms with Crippen LogP contribution in [0.3, 0.4) is 0 Å². The molecular weight excluding hydrogens is 254 g/mol. The Balaban J connectivity index is 5.07. The zero-order chi connectivity index (χ0) is 15.8. The molecular formula is C16H27NO3. The monoisotopic (exact) mass is 281 g/mol. The lowest BCUT2D eigenvalue weighted by Crippen LogP contribution is -2.35. The maximum absolute atomic E-state index is 12.3. The van der Waals surface area contributed by atoms with E-state index in [-0.39, 0.29) is 24.2 Å². The van der Waals surface area contributed by atoms with Crippen molar-refractivity contribution >= 4 is 17.5 Å². The van der Waals surface area contributed by atoms with Gasteiger partial charge in [-0.15, -0.1) is 0 Å². The topological polar surface area (TPSA) is 55.7 Å². The van der Waals surface area contributed by atoms with E-state index in [2.05, 4.69) is 4.99 Å². The van der Waals surface area contributed by atoms with E-state index in [0.29, 0.717) is 18.6 Å². The van der Waals surface area contributed by atoms with E-state index in [1.165, 1.54) is 7.11 Å². The van der Waals surface area contributed by atoms with Gasteiger partial charge in [0.2, 0.25) is 0 Å². The molecule has 0 saturated heterocycles. The van der Waals surface area contributed by atoms with Crippen molar-refractivity contribution in [2.75, 3.05) is 7.11 Å².